The van der Waals surface area contributed by atoms with Crippen molar-refractivity contribution in [3.8, 4) is 5.75 Å². The minimum atomic E-state index is -0.249. The summed E-state index contributed by atoms with van der Waals surface area (Å²) in [7, 11) is 1.51. The molecule has 1 aromatic carbocycles. The van der Waals surface area contributed by atoms with Crippen LogP contribution in [-0.4, -0.2) is 7.11 Å². The lowest BCUT2D eigenvalue weighted by Gasteiger charge is -2.29. The standard InChI is InChI=1S/C25H37FO/c1-3-19-4-6-20(7-5-19)8-9-21-10-12-22(13-11-21)14-15-23-16-17-25(27-2)24(26)18-23/h12,16-21H,3-11,13-15H2,1-2H3/t19-,20-,21?. The summed E-state index contributed by atoms with van der Waals surface area (Å²) in [4.78, 5) is 0. The maximum atomic E-state index is 13.8. The summed E-state index contributed by atoms with van der Waals surface area (Å²) < 4.78 is 18.8. The van der Waals surface area contributed by atoms with Crippen LogP contribution in [0, 0.1) is 23.6 Å². The van der Waals surface area contributed by atoms with Gasteiger partial charge in [0.05, 0.1) is 7.11 Å². The summed E-state index contributed by atoms with van der Waals surface area (Å²) in [6.07, 6.45) is 18.5. The van der Waals surface area contributed by atoms with Crippen molar-refractivity contribution in [2.45, 2.75) is 84.0 Å². The molecule has 0 aliphatic heterocycles. The molecule has 0 N–H and O–H groups in total. The van der Waals surface area contributed by atoms with E-state index in [2.05, 4.69) is 13.0 Å². The highest BCUT2D eigenvalue weighted by Gasteiger charge is 2.22. The third kappa shape index (κ3) is 6.09. The first kappa shape index (κ1) is 20.4. The molecule has 2 heteroatoms. The van der Waals surface area contributed by atoms with E-state index in [1.807, 2.05) is 6.07 Å². The second-order valence-corrected chi connectivity index (χ2v) is 8.84. The number of aryl methyl sites for hydroxylation is 1. The van der Waals surface area contributed by atoms with E-state index in [1.165, 1.54) is 71.3 Å². The molecule has 0 radical (unpaired) electrons. The third-order valence-electron chi connectivity index (χ3n) is 7.09. The number of hydrogen-bond donors (Lipinski definition) is 0. The number of benzene rings is 1. The zero-order chi connectivity index (χ0) is 19.1. The minimum absolute atomic E-state index is 0.249. The van der Waals surface area contributed by atoms with Gasteiger partial charge >= 0.3 is 0 Å². The molecule has 1 aromatic rings. The van der Waals surface area contributed by atoms with Gasteiger partial charge in [-0.05, 0) is 74.0 Å². The molecule has 0 saturated heterocycles. The largest absolute Gasteiger partial charge is 0.494 e. The zero-order valence-electron chi connectivity index (χ0n) is 17.3. The third-order valence-corrected chi connectivity index (χ3v) is 7.09. The van der Waals surface area contributed by atoms with E-state index >= 15 is 0 Å². The Labute approximate surface area is 165 Å². The van der Waals surface area contributed by atoms with Crippen LogP contribution in [0.25, 0.3) is 0 Å². The van der Waals surface area contributed by atoms with Crippen LogP contribution in [0.4, 0.5) is 4.39 Å². The number of methoxy groups -OCH3 is 1. The maximum absolute atomic E-state index is 13.8. The lowest BCUT2D eigenvalue weighted by molar-refractivity contribution is 0.241. The van der Waals surface area contributed by atoms with Crippen LogP contribution in [0.15, 0.2) is 29.8 Å². The van der Waals surface area contributed by atoms with Gasteiger partial charge in [0.2, 0.25) is 0 Å². The number of allylic oxidation sites excluding steroid dienone is 2. The Morgan fingerprint density at radius 1 is 0.963 bits per heavy atom. The molecule has 1 fully saturated rings. The predicted octanol–water partition coefficient (Wildman–Crippen LogP) is 7.49. The van der Waals surface area contributed by atoms with Gasteiger partial charge in [0.15, 0.2) is 11.6 Å². The lowest BCUT2D eigenvalue weighted by atomic mass is 9.76. The van der Waals surface area contributed by atoms with Crippen LogP contribution in [0.2, 0.25) is 0 Å². The predicted molar refractivity (Wildman–Crippen MR) is 112 cm³/mol. The summed E-state index contributed by atoms with van der Waals surface area (Å²) in [6.45, 7) is 2.35. The van der Waals surface area contributed by atoms with E-state index in [0.29, 0.717) is 5.75 Å². The van der Waals surface area contributed by atoms with Crippen LogP contribution in [-0.2, 0) is 6.42 Å². The van der Waals surface area contributed by atoms with Crippen molar-refractivity contribution >= 4 is 0 Å². The minimum Gasteiger partial charge on any atom is -0.494 e. The summed E-state index contributed by atoms with van der Waals surface area (Å²) in [5.74, 6) is 3.00. The smallest absolute Gasteiger partial charge is 0.165 e. The average Bonchev–Trinajstić information content (AvgIpc) is 2.72. The SMILES string of the molecule is CC[C@H]1CC[C@H](CCC2CC=C(CCc3ccc(OC)c(F)c3)CC2)CC1. The van der Waals surface area contributed by atoms with Gasteiger partial charge in [-0.25, -0.2) is 4.39 Å². The van der Waals surface area contributed by atoms with Gasteiger partial charge in [-0.3, -0.25) is 0 Å². The van der Waals surface area contributed by atoms with Crippen LogP contribution in [0.5, 0.6) is 5.75 Å². The monoisotopic (exact) mass is 372 g/mol. The number of hydrogen-bond acceptors (Lipinski definition) is 1. The molecule has 1 atom stereocenters. The molecule has 0 aromatic heterocycles. The van der Waals surface area contributed by atoms with Gasteiger partial charge in [0, 0.05) is 0 Å². The van der Waals surface area contributed by atoms with Gasteiger partial charge in [-0.15, -0.1) is 0 Å². The normalized spacial score (nSPS) is 25.9. The molecule has 0 bridgehead atoms. The Morgan fingerprint density at radius 3 is 2.33 bits per heavy atom. The topological polar surface area (TPSA) is 9.23 Å². The molecule has 2 aliphatic carbocycles. The van der Waals surface area contributed by atoms with Gasteiger partial charge in [-0.1, -0.05) is 63.2 Å². The van der Waals surface area contributed by atoms with Crippen molar-refractivity contribution in [2.24, 2.45) is 17.8 Å². The van der Waals surface area contributed by atoms with Crippen molar-refractivity contribution in [1.29, 1.82) is 0 Å². The Kier molecular flexibility index (Phi) is 7.79. The number of halogens is 1. The first-order valence-corrected chi connectivity index (χ1v) is 11.2. The fraction of sp³-hybridized carbons (Fsp3) is 0.680. The molecule has 0 spiro atoms. The van der Waals surface area contributed by atoms with Crippen molar-refractivity contribution in [1.82, 2.24) is 0 Å². The second-order valence-electron chi connectivity index (χ2n) is 8.84. The van der Waals surface area contributed by atoms with E-state index in [9.17, 15) is 4.39 Å². The van der Waals surface area contributed by atoms with Crippen LogP contribution in [0.1, 0.15) is 83.1 Å². The Hall–Kier alpha value is -1.31. The van der Waals surface area contributed by atoms with E-state index < -0.39 is 0 Å². The summed E-state index contributed by atoms with van der Waals surface area (Å²) >= 11 is 0. The van der Waals surface area contributed by atoms with Gasteiger partial charge in [0.25, 0.3) is 0 Å². The summed E-state index contributed by atoms with van der Waals surface area (Å²) in [5.41, 5.74) is 2.64. The highest BCUT2D eigenvalue weighted by molar-refractivity contribution is 5.29. The molecular weight excluding hydrogens is 335 g/mol. The molecule has 2 aliphatic rings. The fourth-order valence-corrected chi connectivity index (χ4v) is 5.00. The van der Waals surface area contributed by atoms with Crippen molar-refractivity contribution in [3.63, 3.8) is 0 Å². The molecule has 150 valence electrons. The second kappa shape index (κ2) is 10.3. The van der Waals surface area contributed by atoms with Gasteiger partial charge in [0.1, 0.15) is 0 Å². The van der Waals surface area contributed by atoms with Crippen molar-refractivity contribution in [2.75, 3.05) is 7.11 Å². The highest BCUT2D eigenvalue weighted by atomic mass is 19.1. The molecule has 1 saturated carbocycles. The Morgan fingerprint density at radius 2 is 1.70 bits per heavy atom. The first-order valence-electron chi connectivity index (χ1n) is 11.2. The van der Waals surface area contributed by atoms with E-state index in [4.69, 9.17) is 4.74 Å². The van der Waals surface area contributed by atoms with E-state index in [1.54, 1.807) is 17.7 Å². The Bertz CT molecular complexity index is 613. The fourth-order valence-electron chi connectivity index (χ4n) is 5.00. The van der Waals surface area contributed by atoms with E-state index in [-0.39, 0.29) is 5.82 Å². The molecule has 1 nitrogen and oxygen atoms in total. The zero-order valence-corrected chi connectivity index (χ0v) is 17.3. The summed E-state index contributed by atoms with van der Waals surface area (Å²) in [5, 5.41) is 0. The number of rotatable bonds is 8. The first-order chi connectivity index (χ1) is 13.2. The molecule has 0 heterocycles. The average molecular weight is 373 g/mol. The van der Waals surface area contributed by atoms with Crippen molar-refractivity contribution in [3.05, 3.63) is 41.2 Å². The number of ether oxygens (including phenoxy) is 1. The lowest BCUT2D eigenvalue weighted by Crippen LogP contribution is -2.15. The molecular formula is C25H37FO. The molecule has 3 rings (SSSR count). The molecule has 0 amide bonds. The van der Waals surface area contributed by atoms with Crippen molar-refractivity contribution < 1.29 is 9.13 Å². The van der Waals surface area contributed by atoms with E-state index in [0.717, 1.165) is 36.2 Å². The quantitative estimate of drug-likeness (QED) is 0.429. The maximum Gasteiger partial charge on any atom is 0.165 e. The molecule has 27 heavy (non-hydrogen) atoms. The van der Waals surface area contributed by atoms with Crippen LogP contribution in [0.3, 0.4) is 0 Å². The van der Waals surface area contributed by atoms with Gasteiger partial charge in [-0.2, -0.15) is 0 Å². The van der Waals surface area contributed by atoms with Crippen LogP contribution < -0.4 is 4.74 Å². The van der Waals surface area contributed by atoms with Crippen LogP contribution >= 0.6 is 0 Å². The summed E-state index contributed by atoms with van der Waals surface area (Å²) in [6, 6.07) is 5.35. The molecule has 1 unspecified atom stereocenters. The highest BCUT2D eigenvalue weighted by Crippen LogP contribution is 2.36. The Balaban J connectivity index is 1.36. The van der Waals surface area contributed by atoms with Gasteiger partial charge < -0.3 is 4.74 Å².